The summed E-state index contributed by atoms with van der Waals surface area (Å²) in [7, 11) is 1.65. The molecule has 1 fully saturated rings. The molecule has 3 aromatic carbocycles. The number of carbonyl (C=O) groups excluding carboxylic acids is 1. The van der Waals surface area contributed by atoms with E-state index in [-0.39, 0.29) is 5.91 Å². The van der Waals surface area contributed by atoms with Gasteiger partial charge in [0, 0.05) is 38.3 Å². The third kappa shape index (κ3) is 5.97. The fraction of sp³-hybridized carbons (Fsp3) is 0.290. The molecular formula is C31H33Cl2N5O2. The summed E-state index contributed by atoms with van der Waals surface area (Å²) in [6.07, 6.45) is 0.849. The molecule has 0 unspecified atom stereocenters. The fourth-order valence-corrected chi connectivity index (χ4v) is 5.56. The van der Waals surface area contributed by atoms with Crippen molar-refractivity contribution >= 4 is 34.8 Å². The number of para-hydroxylation sites is 2. The summed E-state index contributed by atoms with van der Waals surface area (Å²) in [5, 5.41) is 4.27. The highest BCUT2D eigenvalue weighted by Crippen LogP contribution is 2.33. The molecule has 0 bridgehead atoms. The van der Waals surface area contributed by atoms with Gasteiger partial charge in [-0.2, -0.15) is 0 Å². The number of methoxy groups -OCH3 is 1. The SMILES string of the molecule is COc1ccccc1-n1c(-c2ccccc2)nc(C(=O)NCCCN2CCN(c3cccc(Cl)c3Cl)CC2)c1C. The molecule has 1 amide bonds. The Kier molecular flexibility index (Phi) is 8.94. The number of nitrogens with zero attached hydrogens (tertiary/aromatic N) is 4. The van der Waals surface area contributed by atoms with Crippen LogP contribution in [0, 0.1) is 6.92 Å². The Balaban J connectivity index is 1.22. The number of hydrogen-bond donors (Lipinski definition) is 1. The lowest BCUT2D eigenvalue weighted by atomic mass is 10.2. The van der Waals surface area contributed by atoms with Crippen LogP contribution in [0.2, 0.25) is 10.0 Å². The van der Waals surface area contributed by atoms with Crippen LogP contribution < -0.4 is 15.0 Å². The Morgan fingerprint density at radius 1 is 0.925 bits per heavy atom. The molecule has 4 aromatic rings. The number of hydrogen-bond acceptors (Lipinski definition) is 5. The number of anilines is 1. The van der Waals surface area contributed by atoms with Gasteiger partial charge < -0.3 is 15.0 Å². The van der Waals surface area contributed by atoms with Crippen LogP contribution >= 0.6 is 23.2 Å². The van der Waals surface area contributed by atoms with Gasteiger partial charge in [-0.05, 0) is 44.2 Å². The molecule has 9 heteroatoms. The minimum Gasteiger partial charge on any atom is -0.495 e. The van der Waals surface area contributed by atoms with Crippen LogP contribution in [0.4, 0.5) is 5.69 Å². The van der Waals surface area contributed by atoms with Crippen molar-refractivity contribution < 1.29 is 9.53 Å². The highest BCUT2D eigenvalue weighted by Gasteiger charge is 2.23. The molecule has 0 aliphatic carbocycles. The number of halogens is 2. The molecule has 1 N–H and O–H groups in total. The van der Waals surface area contributed by atoms with Crippen LogP contribution in [0.25, 0.3) is 17.1 Å². The summed E-state index contributed by atoms with van der Waals surface area (Å²) in [5.41, 5.74) is 3.92. The minimum absolute atomic E-state index is 0.177. The molecule has 5 rings (SSSR count). The zero-order valence-electron chi connectivity index (χ0n) is 22.7. The van der Waals surface area contributed by atoms with Crippen molar-refractivity contribution in [1.29, 1.82) is 0 Å². The molecule has 1 aromatic heterocycles. The van der Waals surface area contributed by atoms with Gasteiger partial charge >= 0.3 is 0 Å². The van der Waals surface area contributed by atoms with E-state index < -0.39 is 0 Å². The van der Waals surface area contributed by atoms with Gasteiger partial charge in [-0.25, -0.2) is 4.98 Å². The molecule has 0 radical (unpaired) electrons. The quantitative estimate of drug-likeness (QED) is 0.243. The summed E-state index contributed by atoms with van der Waals surface area (Å²) in [4.78, 5) is 22.8. The van der Waals surface area contributed by atoms with Crippen molar-refractivity contribution in [2.24, 2.45) is 0 Å². The lowest BCUT2D eigenvalue weighted by molar-refractivity contribution is 0.0946. The molecule has 0 saturated carbocycles. The molecule has 7 nitrogen and oxygen atoms in total. The average molecular weight is 579 g/mol. The van der Waals surface area contributed by atoms with Crippen molar-refractivity contribution in [3.63, 3.8) is 0 Å². The van der Waals surface area contributed by atoms with Crippen LogP contribution in [-0.2, 0) is 0 Å². The van der Waals surface area contributed by atoms with Crippen LogP contribution in [-0.4, -0.2) is 66.7 Å². The normalized spacial score (nSPS) is 13.8. The Labute approximate surface area is 245 Å². The van der Waals surface area contributed by atoms with E-state index in [1.165, 1.54) is 0 Å². The monoisotopic (exact) mass is 577 g/mol. The van der Waals surface area contributed by atoms with Gasteiger partial charge in [0.1, 0.15) is 17.3 Å². The zero-order valence-corrected chi connectivity index (χ0v) is 24.3. The number of ether oxygens (including phenoxy) is 1. The summed E-state index contributed by atoms with van der Waals surface area (Å²) in [6, 6.07) is 23.4. The smallest absolute Gasteiger partial charge is 0.271 e. The number of piperazine rings is 1. The van der Waals surface area contributed by atoms with E-state index in [1.54, 1.807) is 7.11 Å². The molecule has 0 atom stereocenters. The molecule has 1 saturated heterocycles. The van der Waals surface area contributed by atoms with Gasteiger partial charge in [0.2, 0.25) is 0 Å². The third-order valence-electron chi connectivity index (χ3n) is 7.26. The maximum atomic E-state index is 13.3. The largest absolute Gasteiger partial charge is 0.495 e. The third-order valence-corrected chi connectivity index (χ3v) is 8.07. The first-order valence-corrected chi connectivity index (χ1v) is 14.2. The Bertz CT molecular complexity index is 1470. The summed E-state index contributed by atoms with van der Waals surface area (Å²) >= 11 is 12.6. The molecule has 2 heterocycles. The highest BCUT2D eigenvalue weighted by molar-refractivity contribution is 6.43. The first-order valence-electron chi connectivity index (χ1n) is 13.5. The van der Waals surface area contributed by atoms with E-state index in [0.29, 0.717) is 33.9 Å². The van der Waals surface area contributed by atoms with Crippen LogP contribution in [0.1, 0.15) is 22.6 Å². The van der Waals surface area contributed by atoms with Crippen molar-refractivity contribution in [1.82, 2.24) is 19.8 Å². The van der Waals surface area contributed by atoms with Gasteiger partial charge in [0.05, 0.1) is 34.2 Å². The van der Waals surface area contributed by atoms with Gasteiger partial charge in [0.15, 0.2) is 0 Å². The van der Waals surface area contributed by atoms with E-state index in [9.17, 15) is 4.79 Å². The second kappa shape index (κ2) is 12.8. The molecule has 208 valence electrons. The number of rotatable bonds is 9. The van der Waals surface area contributed by atoms with E-state index in [0.717, 1.165) is 61.8 Å². The Hall–Kier alpha value is -3.52. The molecule has 0 spiro atoms. The van der Waals surface area contributed by atoms with Crippen LogP contribution in [0.5, 0.6) is 5.75 Å². The summed E-state index contributed by atoms with van der Waals surface area (Å²) < 4.78 is 7.62. The highest BCUT2D eigenvalue weighted by atomic mass is 35.5. The van der Waals surface area contributed by atoms with Gasteiger partial charge in [0.25, 0.3) is 5.91 Å². The van der Waals surface area contributed by atoms with Crippen molar-refractivity contribution in [3.05, 3.63) is 94.2 Å². The standard InChI is InChI=1S/C31H33Cl2N5O2/c1-22-29(35-30(23-10-4-3-5-11-23)38(22)25-13-6-7-15-27(25)40-2)31(39)34-16-9-17-36-18-20-37(21-19-36)26-14-8-12-24(32)28(26)33/h3-8,10-15H,9,16-21H2,1-2H3,(H,34,39). The Morgan fingerprint density at radius 2 is 1.62 bits per heavy atom. The number of benzene rings is 3. The van der Waals surface area contributed by atoms with Crippen molar-refractivity contribution in [2.75, 3.05) is 51.3 Å². The number of amides is 1. The lowest BCUT2D eigenvalue weighted by Gasteiger charge is -2.36. The number of aromatic nitrogens is 2. The number of carbonyl (C=O) groups is 1. The van der Waals surface area contributed by atoms with Crippen LogP contribution in [0.3, 0.4) is 0 Å². The predicted molar refractivity (Wildman–Crippen MR) is 162 cm³/mol. The molecule has 40 heavy (non-hydrogen) atoms. The topological polar surface area (TPSA) is 62.6 Å². The van der Waals surface area contributed by atoms with Gasteiger partial charge in [-0.15, -0.1) is 0 Å². The molecular weight excluding hydrogens is 545 g/mol. The van der Waals surface area contributed by atoms with Gasteiger partial charge in [-0.1, -0.05) is 71.7 Å². The first-order chi connectivity index (χ1) is 19.5. The predicted octanol–water partition coefficient (Wildman–Crippen LogP) is 6.11. The lowest BCUT2D eigenvalue weighted by Crippen LogP contribution is -2.47. The summed E-state index contributed by atoms with van der Waals surface area (Å²) in [6.45, 7) is 7.02. The van der Waals surface area contributed by atoms with Crippen molar-refractivity contribution in [3.8, 4) is 22.8 Å². The van der Waals surface area contributed by atoms with E-state index >= 15 is 0 Å². The number of nitrogens with one attached hydrogen (secondary N) is 1. The summed E-state index contributed by atoms with van der Waals surface area (Å²) in [5.74, 6) is 1.24. The van der Waals surface area contributed by atoms with Crippen molar-refractivity contribution in [2.45, 2.75) is 13.3 Å². The average Bonchev–Trinajstić information content (AvgIpc) is 3.34. The molecule has 1 aliphatic rings. The fourth-order valence-electron chi connectivity index (χ4n) is 5.14. The second-order valence-corrected chi connectivity index (χ2v) is 10.5. The van der Waals surface area contributed by atoms with Crippen LogP contribution in [0.15, 0.2) is 72.8 Å². The molecule has 1 aliphatic heterocycles. The zero-order chi connectivity index (χ0) is 28.1. The van der Waals surface area contributed by atoms with E-state index in [2.05, 4.69) is 15.1 Å². The number of imidazole rings is 1. The maximum absolute atomic E-state index is 13.3. The maximum Gasteiger partial charge on any atom is 0.271 e. The van der Waals surface area contributed by atoms with Gasteiger partial charge in [-0.3, -0.25) is 14.3 Å². The second-order valence-electron chi connectivity index (χ2n) is 9.75. The van der Waals surface area contributed by atoms with E-state index in [4.69, 9.17) is 32.9 Å². The van der Waals surface area contributed by atoms with E-state index in [1.807, 2.05) is 84.3 Å². The Morgan fingerprint density at radius 3 is 2.38 bits per heavy atom. The minimum atomic E-state index is -0.177. The first kappa shape index (κ1) is 28.0.